The standard InChI is InChI=1S/C19H23ClFN3O4S/c1-27-6-16-22-14(7-29-16)17(26)24-19-8-18(9-19,10-19)23-15(25)5-28-11-2-3-12(20)13(21)4-11/h2-4,14,16,22H,5-10H2,1H3,(H,23,25)(H,24,26). The molecule has 0 aromatic heterocycles. The number of halogens is 2. The minimum absolute atomic E-state index is 0.00336. The van der Waals surface area contributed by atoms with Crippen LogP contribution in [-0.4, -0.2) is 60.4 Å². The maximum absolute atomic E-state index is 13.4. The van der Waals surface area contributed by atoms with E-state index in [9.17, 15) is 14.0 Å². The van der Waals surface area contributed by atoms with Gasteiger partial charge in [-0.15, -0.1) is 11.8 Å². The van der Waals surface area contributed by atoms with E-state index in [1.165, 1.54) is 12.1 Å². The Morgan fingerprint density at radius 1 is 1.31 bits per heavy atom. The maximum atomic E-state index is 13.4. The minimum Gasteiger partial charge on any atom is -0.484 e. The van der Waals surface area contributed by atoms with Crippen LogP contribution in [-0.2, 0) is 14.3 Å². The first kappa shape index (κ1) is 20.7. The monoisotopic (exact) mass is 443 g/mol. The summed E-state index contributed by atoms with van der Waals surface area (Å²) >= 11 is 7.31. The molecule has 4 fully saturated rings. The van der Waals surface area contributed by atoms with Gasteiger partial charge in [-0.1, -0.05) is 11.6 Å². The summed E-state index contributed by atoms with van der Waals surface area (Å²) in [4.78, 5) is 24.7. The average molecular weight is 444 g/mol. The molecule has 1 aromatic carbocycles. The van der Waals surface area contributed by atoms with Gasteiger partial charge in [0.05, 0.1) is 23.0 Å². The number of carbonyl (C=O) groups excluding carboxylic acids is 2. The molecule has 1 aliphatic heterocycles. The largest absolute Gasteiger partial charge is 0.484 e. The lowest BCUT2D eigenvalue weighted by Crippen LogP contribution is -2.84. The summed E-state index contributed by atoms with van der Waals surface area (Å²) in [7, 11) is 1.64. The van der Waals surface area contributed by atoms with Crippen LogP contribution in [0.5, 0.6) is 5.75 Å². The molecule has 2 bridgehead atoms. The van der Waals surface area contributed by atoms with Gasteiger partial charge in [0, 0.05) is 30.0 Å². The first-order chi connectivity index (χ1) is 13.8. The van der Waals surface area contributed by atoms with Gasteiger partial charge in [-0.3, -0.25) is 14.9 Å². The van der Waals surface area contributed by atoms with Crippen molar-refractivity contribution >= 4 is 35.2 Å². The fraction of sp³-hybridized carbons (Fsp3) is 0.579. The van der Waals surface area contributed by atoms with Gasteiger partial charge in [-0.05, 0) is 31.4 Å². The van der Waals surface area contributed by atoms with Crippen molar-refractivity contribution in [1.29, 1.82) is 0 Å². The van der Waals surface area contributed by atoms with Crippen LogP contribution in [0.3, 0.4) is 0 Å². The van der Waals surface area contributed by atoms with Crippen LogP contribution in [0.1, 0.15) is 19.3 Å². The number of amides is 2. The molecule has 2 amide bonds. The number of thioether (sulfide) groups is 1. The second-order valence-corrected chi connectivity index (χ2v) is 9.63. The Balaban J connectivity index is 1.18. The van der Waals surface area contributed by atoms with Gasteiger partial charge < -0.3 is 20.1 Å². The van der Waals surface area contributed by atoms with Crippen molar-refractivity contribution in [2.24, 2.45) is 0 Å². The number of hydrogen-bond acceptors (Lipinski definition) is 6. The van der Waals surface area contributed by atoms with Gasteiger partial charge in [-0.25, -0.2) is 4.39 Å². The van der Waals surface area contributed by atoms with Crippen LogP contribution in [0.15, 0.2) is 18.2 Å². The molecule has 1 saturated heterocycles. The fourth-order valence-corrected chi connectivity index (χ4v) is 5.66. The van der Waals surface area contributed by atoms with Crippen LogP contribution < -0.4 is 20.7 Å². The Hall–Kier alpha value is -1.55. The molecule has 29 heavy (non-hydrogen) atoms. The van der Waals surface area contributed by atoms with Crippen molar-refractivity contribution in [2.75, 3.05) is 26.1 Å². The molecule has 10 heteroatoms. The molecule has 3 aliphatic carbocycles. The first-order valence-corrected chi connectivity index (χ1v) is 10.8. The number of hydrogen-bond donors (Lipinski definition) is 3. The molecular formula is C19H23ClFN3O4S. The number of nitrogens with one attached hydrogen (secondary N) is 3. The Labute approximate surface area is 177 Å². The third kappa shape index (κ3) is 4.33. The number of methoxy groups -OCH3 is 1. The molecule has 158 valence electrons. The summed E-state index contributed by atoms with van der Waals surface area (Å²) in [6, 6.07) is 3.82. The third-order valence-electron chi connectivity index (χ3n) is 5.57. The van der Waals surface area contributed by atoms with Gasteiger partial charge in [0.2, 0.25) is 5.91 Å². The van der Waals surface area contributed by atoms with Gasteiger partial charge in [-0.2, -0.15) is 0 Å². The van der Waals surface area contributed by atoms with Gasteiger partial charge in [0.1, 0.15) is 11.6 Å². The quantitative estimate of drug-likeness (QED) is 0.563. The first-order valence-electron chi connectivity index (χ1n) is 9.40. The van der Waals surface area contributed by atoms with Crippen molar-refractivity contribution in [3.8, 4) is 5.75 Å². The topological polar surface area (TPSA) is 88.7 Å². The zero-order valence-corrected chi connectivity index (χ0v) is 17.5. The lowest BCUT2D eigenvalue weighted by molar-refractivity contribution is -0.151. The number of ether oxygens (including phenoxy) is 2. The SMILES string of the molecule is COCC1NC(C(=O)NC23CC(NC(=O)COc4ccc(Cl)c(F)c4)(C2)C3)CS1. The van der Waals surface area contributed by atoms with Crippen molar-refractivity contribution in [1.82, 2.24) is 16.0 Å². The minimum atomic E-state index is -0.592. The highest BCUT2D eigenvalue weighted by atomic mass is 35.5. The van der Waals surface area contributed by atoms with E-state index in [1.807, 2.05) is 0 Å². The molecule has 4 aliphatic rings. The number of benzene rings is 1. The summed E-state index contributed by atoms with van der Waals surface area (Å²) in [6.45, 7) is 0.367. The van der Waals surface area contributed by atoms with Gasteiger partial charge >= 0.3 is 0 Å². The zero-order valence-electron chi connectivity index (χ0n) is 15.9. The average Bonchev–Trinajstić information content (AvgIpc) is 3.09. The number of rotatable bonds is 8. The molecular weight excluding hydrogens is 421 g/mol. The van der Waals surface area contributed by atoms with E-state index in [1.54, 1.807) is 18.9 Å². The van der Waals surface area contributed by atoms with E-state index < -0.39 is 5.82 Å². The lowest BCUT2D eigenvalue weighted by atomic mass is 9.44. The molecule has 0 spiro atoms. The van der Waals surface area contributed by atoms with E-state index in [2.05, 4.69) is 16.0 Å². The third-order valence-corrected chi connectivity index (χ3v) is 7.08. The van der Waals surface area contributed by atoms with E-state index in [4.69, 9.17) is 21.1 Å². The summed E-state index contributed by atoms with van der Waals surface area (Å²) in [5.74, 6) is 0.114. The highest BCUT2D eigenvalue weighted by molar-refractivity contribution is 8.00. The predicted molar refractivity (Wildman–Crippen MR) is 108 cm³/mol. The molecule has 3 saturated carbocycles. The molecule has 5 rings (SSSR count). The van der Waals surface area contributed by atoms with Crippen molar-refractivity contribution in [2.45, 2.75) is 41.8 Å². The molecule has 3 N–H and O–H groups in total. The maximum Gasteiger partial charge on any atom is 0.258 e. The highest BCUT2D eigenvalue weighted by Crippen LogP contribution is 2.60. The number of carbonyl (C=O) groups is 2. The second-order valence-electron chi connectivity index (χ2n) is 7.99. The molecule has 0 radical (unpaired) electrons. The van der Waals surface area contributed by atoms with Gasteiger partial charge in [0.15, 0.2) is 6.61 Å². The summed E-state index contributed by atoms with van der Waals surface area (Å²) in [6.07, 6.45) is 2.15. The van der Waals surface area contributed by atoms with E-state index in [-0.39, 0.29) is 51.7 Å². The Morgan fingerprint density at radius 3 is 2.72 bits per heavy atom. The summed E-state index contributed by atoms with van der Waals surface area (Å²) in [5, 5.41) is 9.52. The van der Waals surface area contributed by atoms with E-state index in [0.29, 0.717) is 25.9 Å². The Morgan fingerprint density at radius 2 is 2.03 bits per heavy atom. The summed E-state index contributed by atoms with van der Waals surface area (Å²) in [5.41, 5.74) is -0.481. The molecule has 1 aromatic rings. The normalized spacial score (nSPS) is 32.1. The fourth-order valence-electron chi connectivity index (χ4n) is 4.38. The Bertz CT molecular complexity index is 807. The van der Waals surface area contributed by atoms with E-state index in [0.717, 1.165) is 11.8 Å². The summed E-state index contributed by atoms with van der Waals surface area (Å²) < 4.78 is 23.8. The van der Waals surface area contributed by atoms with Crippen LogP contribution in [0.4, 0.5) is 4.39 Å². The molecule has 7 nitrogen and oxygen atoms in total. The Kier molecular flexibility index (Phi) is 5.67. The zero-order chi connectivity index (χ0) is 20.6. The van der Waals surface area contributed by atoms with Crippen LogP contribution in [0.25, 0.3) is 0 Å². The lowest BCUT2D eigenvalue weighted by Gasteiger charge is -2.70. The highest BCUT2D eigenvalue weighted by Gasteiger charge is 2.69. The van der Waals surface area contributed by atoms with Crippen molar-refractivity contribution in [3.05, 3.63) is 29.0 Å². The molecule has 2 atom stereocenters. The van der Waals surface area contributed by atoms with Crippen LogP contribution in [0.2, 0.25) is 5.02 Å². The van der Waals surface area contributed by atoms with Crippen LogP contribution >= 0.6 is 23.4 Å². The van der Waals surface area contributed by atoms with Gasteiger partial charge in [0.25, 0.3) is 5.91 Å². The molecule has 2 unspecified atom stereocenters. The van der Waals surface area contributed by atoms with Crippen molar-refractivity contribution < 1.29 is 23.5 Å². The van der Waals surface area contributed by atoms with Crippen molar-refractivity contribution in [3.63, 3.8) is 0 Å². The van der Waals surface area contributed by atoms with E-state index >= 15 is 0 Å². The predicted octanol–water partition coefficient (Wildman–Crippen LogP) is 1.44. The smallest absolute Gasteiger partial charge is 0.258 e. The molecule has 1 heterocycles. The van der Waals surface area contributed by atoms with Crippen LogP contribution in [0, 0.1) is 5.82 Å². The second kappa shape index (κ2) is 7.94.